The number of ether oxygens (including phenoxy) is 2. The molecule has 18 heavy (non-hydrogen) atoms. The number of hydrogen-bond donors (Lipinski definition) is 1. The van der Waals surface area contributed by atoms with Gasteiger partial charge >= 0.3 is 0 Å². The summed E-state index contributed by atoms with van der Waals surface area (Å²) in [4.78, 5) is 2.44. The van der Waals surface area contributed by atoms with E-state index >= 15 is 0 Å². The van der Waals surface area contributed by atoms with Gasteiger partial charge in [0, 0.05) is 20.8 Å². The molecule has 0 aromatic carbocycles. The molecular weight excluding hydrogens is 228 g/mol. The largest absolute Gasteiger partial charge is 0.354 e. The summed E-state index contributed by atoms with van der Waals surface area (Å²) in [6.45, 7) is 9.51. The summed E-state index contributed by atoms with van der Waals surface area (Å²) in [5, 5.41) is 0. The summed E-state index contributed by atoms with van der Waals surface area (Å²) < 4.78 is 10.9. The molecule has 108 valence electrons. The molecule has 1 saturated heterocycles. The molecule has 1 heterocycles. The second-order valence-electron chi connectivity index (χ2n) is 6.37. The van der Waals surface area contributed by atoms with Crippen LogP contribution in [0.15, 0.2) is 0 Å². The van der Waals surface area contributed by atoms with Gasteiger partial charge in [0.25, 0.3) is 0 Å². The average Bonchev–Trinajstić information content (AvgIpc) is 2.51. The number of nitrogens with two attached hydrogens (primary N) is 1. The molecule has 1 atom stereocenters. The topological polar surface area (TPSA) is 47.7 Å². The van der Waals surface area contributed by atoms with Crippen molar-refractivity contribution in [1.82, 2.24) is 4.90 Å². The van der Waals surface area contributed by atoms with Crippen LogP contribution in [-0.4, -0.2) is 50.6 Å². The first-order chi connectivity index (χ1) is 8.39. The van der Waals surface area contributed by atoms with Crippen LogP contribution >= 0.6 is 0 Å². The van der Waals surface area contributed by atoms with Gasteiger partial charge in [-0.25, -0.2) is 0 Å². The van der Waals surface area contributed by atoms with Gasteiger partial charge in [-0.05, 0) is 44.7 Å². The molecule has 1 rings (SSSR count). The number of likely N-dealkylation sites (tertiary alicyclic amines) is 1. The Labute approximate surface area is 112 Å². The Morgan fingerprint density at radius 3 is 2.33 bits per heavy atom. The molecule has 1 aliphatic heterocycles. The summed E-state index contributed by atoms with van der Waals surface area (Å²) in [5.41, 5.74) is 6.19. The molecular formula is C14H30N2O2. The fourth-order valence-electron chi connectivity index (χ4n) is 2.91. The Kier molecular flexibility index (Phi) is 5.59. The molecule has 0 aliphatic carbocycles. The van der Waals surface area contributed by atoms with Crippen LogP contribution in [0.5, 0.6) is 0 Å². The maximum atomic E-state index is 6.01. The first-order valence-electron chi connectivity index (χ1n) is 6.90. The molecule has 0 bridgehead atoms. The van der Waals surface area contributed by atoms with Crippen LogP contribution in [0, 0.1) is 5.41 Å². The zero-order chi connectivity index (χ0) is 13.8. The minimum atomic E-state index is -0.274. The lowest BCUT2D eigenvalue weighted by Gasteiger charge is -2.44. The van der Waals surface area contributed by atoms with Gasteiger partial charge in [0.2, 0.25) is 0 Å². The van der Waals surface area contributed by atoms with Gasteiger partial charge < -0.3 is 15.2 Å². The highest BCUT2D eigenvalue weighted by Crippen LogP contribution is 2.33. The normalized spacial score (nSPS) is 24.8. The van der Waals surface area contributed by atoms with E-state index in [1.807, 2.05) is 0 Å². The summed E-state index contributed by atoms with van der Waals surface area (Å²) in [5.74, 6) is 0. The molecule has 4 nitrogen and oxygen atoms in total. The van der Waals surface area contributed by atoms with Gasteiger partial charge in [0.1, 0.15) is 0 Å². The molecule has 1 aliphatic rings. The van der Waals surface area contributed by atoms with Crippen molar-refractivity contribution in [3.8, 4) is 0 Å². The molecule has 4 heteroatoms. The third kappa shape index (κ3) is 3.44. The van der Waals surface area contributed by atoms with Gasteiger partial charge in [-0.15, -0.1) is 0 Å². The van der Waals surface area contributed by atoms with E-state index in [1.54, 1.807) is 14.2 Å². The molecule has 1 fully saturated rings. The Bertz CT molecular complexity index is 254. The predicted octanol–water partition coefficient (Wildman–Crippen LogP) is 1.83. The predicted molar refractivity (Wildman–Crippen MR) is 74.5 cm³/mol. The van der Waals surface area contributed by atoms with Crippen LogP contribution in [0.1, 0.15) is 40.0 Å². The lowest BCUT2D eigenvalue weighted by atomic mass is 9.85. The Balaban J connectivity index is 2.81. The zero-order valence-electron chi connectivity index (χ0n) is 12.7. The van der Waals surface area contributed by atoms with E-state index in [0.717, 1.165) is 13.1 Å². The van der Waals surface area contributed by atoms with Crippen LogP contribution in [-0.2, 0) is 9.47 Å². The molecule has 0 saturated carbocycles. The first-order valence-corrected chi connectivity index (χ1v) is 6.90. The number of nitrogens with zero attached hydrogens (tertiary/aromatic N) is 1. The van der Waals surface area contributed by atoms with Crippen molar-refractivity contribution >= 4 is 0 Å². The molecule has 0 amide bonds. The maximum Gasteiger partial charge on any atom is 0.176 e. The first kappa shape index (κ1) is 15.9. The number of methoxy groups -OCH3 is 2. The van der Waals surface area contributed by atoms with Gasteiger partial charge in [-0.2, -0.15) is 0 Å². The van der Waals surface area contributed by atoms with Crippen molar-refractivity contribution in [2.24, 2.45) is 11.1 Å². The monoisotopic (exact) mass is 258 g/mol. The average molecular weight is 258 g/mol. The molecule has 0 spiro atoms. The lowest BCUT2D eigenvalue weighted by molar-refractivity contribution is -0.181. The summed E-state index contributed by atoms with van der Waals surface area (Å²) in [7, 11) is 3.37. The van der Waals surface area contributed by atoms with Crippen LogP contribution in [0.3, 0.4) is 0 Å². The van der Waals surface area contributed by atoms with Gasteiger partial charge in [-0.3, -0.25) is 4.90 Å². The quantitative estimate of drug-likeness (QED) is 0.764. The lowest BCUT2D eigenvalue weighted by Crippen LogP contribution is -2.60. The fraction of sp³-hybridized carbons (Fsp3) is 1.00. The SMILES string of the molecule is COC(OC)C(C)(CN)N1CCCC(C)(C)CC1. The van der Waals surface area contributed by atoms with Crippen molar-refractivity contribution in [1.29, 1.82) is 0 Å². The van der Waals surface area contributed by atoms with Gasteiger partial charge in [-0.1, -0.05) is 13.8 Å². The van der Waals surface area contributed by atoms with E-state index in [9.17, 15) is 0 Å². The highest BCUT2D eigenvalue weighted by molar-refractivity contribution is 4.93. The smallest absolute Gasteiger partial charge is 0.176 e. The number of rotatable bonds is 5. The number of hydrogen-bond acceptors (Lipinski definition) is 4. The van der Waals surface area contributed by atoms with Crippen molar-refractivity contribution < 1.29 is 9.47 Å². The van der Waals surface area contributed by atoms with E-state index in [2.05, 4.69) is 25.7 Å². The fourth-order valence-corrected chi connectivity index (χ4v) is 2.91. The van der Waals surface area contributed by atoms with Crippen molar-refractivity contribution in [3.63, 3.8) is 0 Å². The van der Waals surface area contributed by atoms with Gasteiger partial charge in [0.05, 0.1) is 5.54 Å². The minimum Gasteiger partial charge on any atom is -0.354 e. The third-order valence-electron chi connectivity index (χ3n) is 4.41. The van der Waals surface area contributed by atoms with E-state index in [0.29, 0.717) is 12.0 Å². The van der Waals surface area contributed by atoms with Crippen LogP contribution in [0.25, 0.3) is 0 Å². The Morgan fingerprint density at radius 1 is 1.22 bits per heavy atom. The van der Waals surface area contributed by atoms with E-state index in [1.165, 1.54) is 19.3 Å². The highest BCUT2D eigenvalue weighted by Gasteiger charge is 2.40. The Hall–Kier alpha value is -0.160. The van der Waals surface area contributed by atoms with Gasteiger partial charge in [0.15, 0.2) is 6.29 Å². The summed E-state index contributed by atoms with van der Waals surface area (Å²) in [6.07, 6.45) is 3.41. The summed E-state index contributed by atoms with van der Waals surface area (Å²) in [6, 6.07) is 0. The van der Waals surface area contributed by atoms with Crippen LogP contribution < -0.4 is 5.73 Å². The zero-order valence-corrected chi connectivity index (χ0v) is 12.7. The van der Waals surface area contributed by atoms with Crippen molar-refractivity contribution in [3.05, 3.63) is 0 Å². The standard InChI is InChI=1S/C14H30N2O2/c1-13(2)7-6-9-16(10-8-13)14(3,11-15)12(17-4)18-5/h12H,6-11,15H2,1-5H3. The van der Waals surface area contributed by atoms with Crippen LogP contribution in [0.4, 0.5) is 0 Å². The van der Waals surface area contributed by atoms with Crippen molar-refractivity contribution in [2.45, 2.75) is 51.9 Å². The molecule has 1 unspecified atom stereocenters. The summed E-state index contributed by atoms with van der Waals surface area (Å²) >= 11 is 0. The highest BCUT2D eigenvalue weighted by atomic mass is 16.7. The minimum absolute atomic E-state index is 0.246. The second-order valence-corrected chi connectivity index (χ2v) is 6.37. The molecule has 0 aromatic heterocycles. The Morgan fingerprint density at radius 2 is 1.83 bits per heavy atom. The third-order valence-corrected chi connectivity index (χ3v) is 4.41. The van der Waals surface area contributed by atoms with E-state index in [4.69, 9.17) is 15.2 Å². The molecule has 2 N–H and O–H groups in total. The molecule has 0 radical (unpaired) electrons. The molecule has 0 aromatic rings. The van der Waals surface area contributed by atoms with E-state index < -0.39 is 0 Å². The maximum absolute atomic E-state index is 6.01. The van der Waals surface area contributed by atoms with E-state index in [-0.39, 0.29) is 11.8 Å². The second kappa shape index (κ2) is 6.33. The van der Waals surface area contributed by atoms with Crippen molar-refractivity contribution in [2.75, 3.05) is 33.9 Å². The van der Waals surface area contributed by atoms with Crippen LogP contribution in [0.2, 0.25) is 0 Å².